The van der Waals surface area contributed by atoms with Crippen LogP contribution >= 0.6 is 11.3 Å². The number of thiophene rings is 1. The van der Waals surface area contributed by atoms with Crippen molar-refractivity contribution in [1.29, 1.82) is 0 Å². The van der Waals surface area contributed by atoms with E-state index in [1.54, 1.807) is 13.0 Å². The zero-order chi connectivity index (χ0) is 15.5. The Balaban J connectivity index is 2.03. The lowest BCUT2D eigenvalue weighted by Gasteiger charge is -2.22. The van der Waals surface area contributed by atoms with Gasteiger partial charge in [0, 0.05) is 10.4 Å². The number of methoxy groups -OCH3 is 1. The first-order valence-electron chi connectivity index (χ1n) is 6.32. The van der Waals surface area contributed by atoms with Gasteiger partial charge in [0.1, 0.15) is 5.60 Å². The Kier molecular flexibility index (Phi) is 4.59. The number of rotatable bonds is 5. The highest BCUT2D eigenvalue weighted by Crippen LogP contribution is 2.24. The molecule has 1 atom stereocenters. The number of aliphatic hydroxyl groups is 1. The molecule has 2 aromatic rings. The molecule has 112 valence electrons. The van der Waals surface area contributed by atoms with Gasteiger partial charge in [-0.3, -0.25) is 4.79 Å². The zero-order valence-electron chi connectivity index (χ0n) is 11.7. The van der Waals surface area contributed by atoms with Crippen LogP contribution in [0.25, 0.3) is 0 Å². The van der Waals surface area contributed by atoms with Crippen LogP contribution in [0.3, 0.4) is 0 Å². The van der Waals surface area contributed by atoms with Crippen molar-refractivity contribution in [3.63, 3.8) is 0 Å². The van der Waals surface area contributed by atoms with E-state index in [0.717, 1.165) is 10.9 Å². The molecule has 1 heterocycles. The molecule has 0 aliphatic heterocycles. The fraction of sp³-hybridized carbons (Fsp3) is 0.267. The van der Waals surface area contributed by atoms with Crippen molar-refractivity contribution in [3.8, 4) is 5.75 Å². The molecule has 1 aromatic heterocycles. The Hall–Kier alpha value is -1.92. The highest BCUT2D eigenvalue weighted by molar-refractivity contribution is 7.10. The topological polar surface area (TPSA) is 58.6 Å². The summed E-state index contributed by atoms with van der Waals surface area (Å²) in [5.74, 6) is -0.972. The van der Waals surface area contributed by atoms with Gasteiger partial charge >= 0.3 is 0 Å². The summed E-state index contributed by atoms with van der Waals surface area (Å²) in [4.78, 5) is 12.7. The molecule has 1 amide bonds. The summed E-state index contributed by atoms with van der Waals surface area (Å²) in [5, 5.41) is 14.8. The predicted octanol–water partition coefficient (Wildman–Crippen LogP) is 2.53. The Labute approximate surface area is 126 Å². The van der Waals surface area contributed by atoms with E-state index in [1.807, 2.05) is 11.4 Å². The monoisotopic (exact) mass is 309 g/mol. The lowest BCUT2D eigenvalue weighted by Crippen LogP contribution is -2.38. The summed E-state index contributed by atoms with van der Waals surface area (Å²) in [6, 6.07) is 7.59. The molecule has 4 nitrogen and oxygen atoms in total. The molecule has 0 spiro atoms. The summed E-state index contributed by atoms with van der Waals surface area (Å²) in [6.07, 6.45) is 0. The molecule has 0 aliphatic rings. The van der Waals surface area contributed by atoms with Crippen LogP contribution in [0.2, 0.25) is 0 Å². The molecule has 1 aromatic carbocycles. The molecular weight excluding hydrogens is 293 g/mol. The molecule has 0 aliphatic carbocycles. The molecule has 6 heteroatoms. The minimum atomic E-state index is -1.16. The molecule has 2 rings (SSSR count). The summed E-state index contributed by atoms with van der Waals surface area (Å²) in [6.45, 7) is 1.66. The van der Waals surface area contributed by atoms with Crippen LogP contribution in [-0.2, 0) is 5.60 Å². The second-order valence-corrected chi connectivity index (χ2v) is 5.73. The Morgan fingerprint density at radius 2 is 2.24 bits per heavy atom. The van der Waals surface area contributed by atoms with E-state index < -0.39 is 17.3 Å². The first-order chi connectivity index (χ1) is 9.94. The van der Waals surface area contributed by atoms with Gasteiger partial charge in [-0.05, 0) is 36.6 Å². The van der Waals surface area contributed by atoms with Crippen molar-refractivity contribution in [2.24, 2.45) is 0 Å². The minimum absolute atomic E-state index is 0.0417. The van der Waals surface area contributed by atoms with Gasteiger partial charge < -0.3 is 15.2 Å². The highest BCUT2D eigenvalue weighted by atomic mass is 32.1. The van der Waals surface area contributed by atoms with Crippen molar-refractivity contribution in [1.82, 2.24) is 5.32 Å². The molecule has 0 fully saturated rings. The van der Waals surface area contributed by atoms with Crippen LogP contribution in [0, 0.1) is 5.82 Å². The normalized spacial score (nSPS) is 13.5. The van der Waals surface area contributed by atoms with E-state index in [2.05, 4.69) is 5.32 Å². The van der Waals surface area contributed by atoms with Crippen molar-refractivity contribution in [2.75, 3.05) is 13.7 Å². The number of carbonyl (C=O) groups excluding carboxylic acids is 1. The Bertz CT molecular complexity index is 626. The zero-order valence-corrected chi connectivity index (χ0v) is 12.5. The smallest absolute Gasteiger partial charge is 0.251 e. The molecule has 0 saturated heterocycles. The second-order valence-electron chi connectivity index (χ2n) is 4.78. The van der Waals surface area contributed by atoms with Crippen LogP contribution in [0.4, 0.5) is 4.39 Å². The third-order valence-corrected chi connectivity index (χ3v) is 4.18. The van der Waals surface area contributed by atoms with Gasteiger partial charge in [0.25, 0.3) is 5.91 Å². The first kappa shape index (κ1) is 15.5. The van der Waals surface area contributed by atoms with E-state index in [-0.39, 0.29) is 17.9 Å². The average molecular weight is 309 g/mol. The number of benzene rings is 1. The summed E-state index contributed by atoms with van der Waals surface area (Å²) < 4.78 is 18.4. The molecular formula is C15H16FNO3S. The molecule has 0 unspecified atom stereocenters. The summed E-state index contributed by atoms with van der Waals surface area (Å²) >= 11 is 1.41. The quantitative estimate of drug-likeness (QED) is 0.892. The summed E-state index contributed by atoms with van der Waals surface area (Å²) in [7, 11) is 1.36. The number of nitrogens with one attached hydrogen (secondary N) is 1. The van der Waals surface area contributed by atoms with Crippen LogP contribution in [0.5, 0.6) is 5.75 Å². The Morgan fingerprint density at radius 3 is 2.81 bits per heavy atom. The lowest BCUT2D eigenvalue weighted by atomic mass is 10.0. The lowest BCUT2D eigenvalue weighted by molar-refractivity contribution is 0.0556. The molecule has 0 bridgehead atoms. The fourth-order valence-corrected chi connectivity index (χ4v) is 2.62. The van der Waals surface area contributed by atoms with E-state index in [9.17, 15) is 14.3 Å². The van der Waals surface area contributed by atoms with Gasteiger partial charge in [-0.25, -0.2) is 4.39 Å². The van der Waals surface area contributed by atoms with E-state index in [4.69, 9.17) is 4.74 Å². The predicted molar refractivity (Wildman–Crippen MR) is 79.2 cm³/mol. The van der Waals surface area contributed by atoms with Crippen molar-refractivity contribution >= 4 is 17.2 Å². The van der Waals surface area contributed by atoms with Crippen LogP contribution in [0.15, 0.2) is 35.7 Å². The van der Waals surface area contributed by atoms with E-state index in [0.29, 0.717) is 0 Å². The van der Waals surface area contributed by atoms with Gasteiger partial charge in [-0.15, -0.1) is 11.3 Å². The van der Waals surface area contributed by atoms with Gasteiger partial charge in [-0.1, -0.05) is 6.07 Å². The van der Waals surface area contributed by atoms with Gasteiger partial charge in [-0.2, -0.15) is 0 Å². The maximum Gasteiger partial charge on any atom is 0.251 e. The number of hydrogen-bond acceptors (Lipinski definition) is 4. The number of amides is 1. The minimum Gasteiger partial charge on any atom is -0.494 e. The van der Waals surface area contributed by atoms with Gasteiger partial charge in [0.05, 0.1) is 13.7 Å². The van der Waals surface area contributed by atoms with Gasteiger partial charge in [0.2, 0.25) is 0 Å². The third kappa shape index (κ3) is 3.59. The number of ether oxygens (including phenoxy) is 1. The summed E-state index contributed by atoms with van der Waals surface area (Å²) in [5.41, 5.74) is -0.982. The average Bonchev–Trinajstić information content (AvgIpc) is 2.99. The Morgan fingerprint density at radius 1 is 1.48 bits per heavy atom. The largest absolute Gasteiger partial charge is 0.494 e. The van der Waals surface area contributed by atoms with Crippen LogP contribution in [0.1, 0.15) is 22.2 Å². The van der Waals surface area contributed by atoms with Crippen molar-refractivity contribution < 1.29 is 19.0 Å². The standard InChI is InChI=1S/C15H16FNO3S/c1-15(19,13-4-3-7-21-13)9-17-14(18)10-5-6-12(20-2)11(16)8-10/h3-8,19H,9H2,1-2H3,(H,17,18)/t15-/m1/s1. The number of halogens is 1. The maximum atomic E-state index is 13.6. The number of carbonyl (C=O) groups is 1. The number of hydrogen-bond donors (Lipinski definition) is 2. The SMILES string of the molecule is COc1ccc(C(=O)NC[C@@](C)(O)c2cccs2)cc1F. The van der Waals surface area contributed by atoms with Gasteiger partial charge in [0.15, 0.2) is 11.6 Å². The van der Waals surface area contributed by atoms with Crippen molar-refractivity contribution in [3.05, 3.63) is 52.0 Å². The van der Waals surface area contributed by atoms with E-state index >= 15 is 0 Å². The maximum absolute atomic E-state index is 13.6. The fourth-order valence-electron chi connectivity index (χ4n) is 1.83. The molecule has 0 radical (unpaired) electrons. The van der Waals surface area contributed by atoms with E-state index in [1.165, 1.54) is 30.6 Å². The highest BCUT2D eigenvalue weighted by Gasteiger charge is 2.25. The van der Waals surface area contributed by atoms with Crippen molar-refractivity contribution in [2.45, 2.75) is 12.5 Å². The van der Waals surface area contributed by atoms with Crippen LogP contribution in [-0.4, -0.2) is 24.7 Å². The van der Waals surface area contributed by atoms with Crippen LogP contribution < -0.4 is 10.1 Å². The molecule has 2 N–H and O–H groups in total. The second kappa shape index (κ2) is 6.24. The molecule has 21 heavy (non-hydrogen) atoms. The third-order valence-electron chi connectivity index (χ3n) is 3.06. The first-order valence-corrected chi connectivity index (χ1v) is 7.20. The molecule has 0 saturated carbocycles.